The SMILES string of the molecule is CCOCCCNS(=O)(=O)c1cccc(C(N)=S)c1. The maximum atomic E-state index is 12.0. The first-order valence-electron chi connectivity index (χ1n) is 5.94. The summed E-state index contributed by atoms with van der Waals surface area (Å²) >= 11 is 4.83. The molecule has 1 aromatic rings. The van der Waals surface area contributed by atoms with Gasteiger partial charge in [-0.25, -0.2) is 13.1 Å². The van der Waals surface area contributed by atoms with Crippen LogP contribution in [0.4, 0.5) is 0 Å². The summed E-state index contributed by atoms with van der Waals surface area (Å²) < 4.78 is 31.7. The summed E-state index contributed by atoms with van der Waals surface area (Å²) in [7, 11) is -3.52. The van der Waals surface area contributed by atoms with Crippen molar-refractivity contribution in [3.8, 4) is 0 Å². The van der Waals surface area contributed by atoms with Crippen LogP contribution in [0.5, 0.6) is 0 Å². The molecule has 0 fully saturated rings. The Morgan fingerprint density at radius 2 is 2.21 bits per heavy atom. The monoisotopic (exact) mass is 302 g/mol. The molecule has 0 saturated carbocycles. The van der Waals surface area contributed by atoms with E-state index < -0.39 is 10.0 Å². The lowest BCUT2D eigenvalue weighted by atomic mass is 10.2. The topological polar surface area (TPSA) is 81.4 Å². The molecule has 0 heterocycles. The van der Waals surface area contributed by atoms with Crippen LogP contribution in [0.1, 0.15) is 18.9 Å². The number of hydrogen-bond acceptors (Lipinski definition) is 4. The van der Waals surface area contributed by atoms with Crippen molar-refractivity contribution in [2.75, 3.05) is 19.8 Å². The molecule has 5 nitrogen and oxygen atoms in total. The minimum absolute atomic E-state index is 0.161. The summed E-state index contributed by atoms with van der Waals surface area (Å²) in [6.07, 6.45) is 0.627. The quantitative estimate of drug-likeness (QED) is 0.553. The number of rotatable bonds is 8. The van der Waals surface area contributed by atoms with Gasteiger partial charge in [-0.15, -0.1) is 0 Å². The number of thiocarbonyl (C=S) groups is 1. The molecule has 1 aromatic carbocycles. The third-order valence-corrected chi connectivity index (χ3v) is 4.08. The smallest absolute Gasteiger partial charge is 0.240 e. The highest BCUT2D eigenvalue weighted by molar-refractivity contribution is 7.89. The molecule has 106 valence electrons. The van der Waals surface area contributed by atoms with Crippen LogP contribution in [0.25, 0.3) is 0 Å². The second-order valence-electron chi connectivity index (χ2n) is 3.84. The van der Waals surface area contributed by atoms with E-state index in [0.29, 0.717) is 31.7 Å². The molecular weight excluding hydrogens is 284 g/mol. The third-order valence-electron chi connectivity index (χ3n) is 2.39. The molecule has 0 bridgehead atoms. The Morgan fingerprint density at radius 1 is 1.47 bits per heavy atom. The maximum absolute atomic E-state index is 12.0. The first-order chi connectivity index (χ1) is 8.97. The average Bonchev–Trinajstić information content (AvgIpc) is 2.38. The van der Waals surface area contributed by atoms with E-state index in [1.165, 1.54) is 12.1 Å². The van der Waals surface area contributed by atoms with Crippen LogP contribution in [0.3, 0.4) is 0 Å². The van der Waals surface area contributed by atoms with Gasteiger partial charge in [0.1, 0.15) is 4.99 Å². The number of hydrogen-bond donors (Lipinski definition) is 2. The zero-order chi connectivity index (χ0) is 14.3. The molecule has 0 aliphatic carbocycles. The van der Waals surface area contributed by atoms with Gasteiger partial charge in [0.25, 0.3) is 0 Å². The van der Waals surface area contributed by atoms with Crippen LogP contribution in [0, 0.1) is 0 Å². The number of nitrogens with two attached hydrogens (primary N) is 1. The zero-order valence-electron chi connectivity index (χ0n) is 10.8. The molecule has 19 heavy (non-hydrogen) atoms. The number of ether oxygens (including phenoxy) is 1. The standard InChI is InChI=1S/C12H18N2O3S2/c1-2-17-8-4-7-14-19(15,16)11-6-3-5-10(9-11)12(13)18/h3,5-6,9,14H,2,4,7-8H2,1H3,(H2,13,18). The van der Waals surface area contributed by atoms with Crippen molar-refractivity contribution < 1.29 is 13.2 Å². The van der Waals surface area contributed by atoms with Gasteiger partial charge in [-0.2, -0.15) is 0 Å². The lowest BCUT2D eigenvalue weighted by molar-refractivity contribution is 0.146. The van der Waals surface area contributed by atoms with E-state index >= 15 is 0 Å². The molecule has 0 radical (unpaired) electrons. The largest absolute Gasteiger partial charge is 0.389 e. The molecule has 0 spiro atoms. The molecule has 1 rings (SSSR count). The number of benzene rings is 1. The molecule has 0 saturated heterocycles. The number of sulfonamides is 1. The molecule has 0 aliphatic rings. The maximum Gasteiger partial charge on any atom is 0.240 e. The minimum atomic E-state index is -3.52. The first-order valence-corrected chi connectivity index (χ1v) is 7.84. The van der Waals surface area contributed by atoms with E-state index in [4.69, 9.17) is 22.7 Å². The lowest BCUT2D eigenvalue weighted by Gasteiger charge is -2.08. The van der Waals surface area contributed by atoms with Crippen molar-refractivity contribution in [3.05, 3.63) is 29.8 Å². The number of nitrogens with one attached hydrogen (secondary N) is 1. The Hall–Kier alpha value is -1.02. The van der Waals surface area contributed by atoms with Crippen molar-refractivity contribution in [1.82, 2.24) is 4.72 Å². The van der Waals surface area contributed by atoms with Crippen molar-refractivity contribution in [2.45, 2.75) is 18.2 Å². The minimum Gasteiger partial charge on any atom is -0.389 e. The fourth-order valence-corrected chi connectivity index (χ4v) is 2.67. The lowest BCUT2D eigenvalue weighted by Crippen LogP contribution is -2.26. The highest BCUT2D eigenvalue weighted by Gasteiger charge is 2.13. The fourth-order valence-electron chi connectivity index (χ4n) is 1.42. The van der Waals surface area contributed by atoms with Gasteiger partial charge in [0, 0.05) is 25.3 Å². The molecule has 0 aliphatic heterocycles. The summed E-state index contributed by atoms with van der Waals surface area (Å²) in [5.41, 5.74) is 6.02. The second kappa shape index (κ2) is 7.54. The van der Waals surface area contributed by atoms with Gasteiger partial charge < -0.3 is 10.5 Å². The van der Waals surface area contributed by atoms with Crippen molar-refractivity contribution in [3.63, 3.8) is 0 Å². The van der Waals surface area contributed by atoms with Crippen molar-refractivity contribution >= 4 is 27.2 Å². The van der Waals surface area contributed by atoms with Gasteiger partial charge in [-0.1, -0.05) is 24.4 Å². The van der Waals surface area contributed by atoms with E-state index in [2.05, 4.69) is 4.72 Å². The fraction of sp³-hybridized carbons (Fsp3) is 0.417. The summed E-state index contributed by atoms with van der Waals surface area (Å²) in [5, 5.41) is 0. The van der Waals surface area contributed by atoms with E-state index in [1.807, 2.05) is 6.92 Å². The predicted octanol–water partition coefficient (Wildman–Crippen LogP) is 1.03. The third kappa shape index (κ3) is 5.23. The van der Waals surface area contributed by atoms with Gasteiger partial charge in [0.05, 0.1) is 4.90 Å². The Kier molecular flexibility index (Phi) is 6.36. The molecular formula is C12H18N2O3S2. The van der Waals surface area contributed by atoms with Gasteiger partial charge in [-0.3, -0.25) is 0 Å². The van der Waals surface area contributed by atoms with Gasteiger partial charge in [0.15, 0.2) is 0 Å². The van der Waals surface area contributed by atoms with Crippen LogP contribution in [-0.2, 0) is 14.8 Å². The van der Waals surface area contributed by atoms with Crippen molar-refractivity contribution in [1.29, 1.82) is 0 Å². The van der Waals surface area contributed by atoms with Gasteiger partial charge in [0.2, 0.25) is 10.0 Å². The summed E-state index contributed by atoms with van der Waals surface area (Å²) in [4.78, 5) is 0.336. The Labute approximate surface area is 119 Å². The summed E-state index contributed by atoms with van der Waals surface area (Å²) in [5.74, 6) is 0. The van der Waals surface area contributed by atoms with E-state index in [-0.39, 0.29) is 9.88 Å². The molecule has 0 aromatic heterocycles. The normalized spacial score (nSPS) is 11.4. The van der Waals surface area contributed by atoms with Crippen LogP contribution >= 0.6 is 12.2 Å². The van der Waals surface area contributed by atoms with Crippen LogP contribution < -0.4 is 10.5 Å². The summed E-state index contributed by atoms with van der Waals surface area (Å²) in [6, 6.07) is 6.26. The summed E-state index contributed by atoms with van der Waals surface area (Å²) in [6.45, 7) is 3.39. The van der Waals surface area contributed by atoms with E-state index in [9.17, 15) is 8.42 Å². The highest BCUT2D eigenvalue weighted by atomic mass is 32.2. The van der Waals surface area contributed by atoms with Crippen LogP contribution in [0.15, 0.2) is 29.2 Å². The Morgan fingerprint density at radius 3 is 2.84 bits per heavy atom. The zero-order valence-corrected chi connectivity index (χ0v) is 12.4. The Bertz CT molecular complexity index is 530. The highest BCUT2D eigenvalue weighted by Crippen LogP contribution is 2.11. The molecule has 7 heteroatoms. The first kappa shape index (κ1) is 16.0. The van der Waals surface area contributed by atoms with Gasteiger partial charge in [-0.05, 0) is 25.5 Å². The second-order valence-corrected chi connectivity index (χ2v) is 6.05. The average molecular weight is 302 g/mol. The van der Waals surface area contributed by atoms with E-state index in [1.54, 1.807) is 12.1 Å². The van der Waals surface area contributed by atoms with Crippen LogP contribution in [0.2, 0.25) is 0 Å². The van der Waals surface area contributed by atoms with Crippen LogP contribution in [-0.4, -0.2) is 33.2 Å². The van der Waals surface area contributed by atoms with Crippen molar-refractivity contribution in [2.24, 2.45) is 5.73 Å². The van der Waals surface area contributed by atoms with E-state index in [0.717, 1.165) is 0 Å². The molecule has 0 unspecified atom stereocenters. The molecule has 3 N–H and O–H groups in total. The molecule has 0 atom stereocenters. The molecule has 0 amide bonds. The van der Waals surface area contributed by atoms with Gasteiger partial charge >= 0.3 is 0 Å². The predicted molar refractivity (Wildman–Crippen MR) is 78.6 cm³/mol. The Balaban J connectivity index is 2.66.